The molecule has 0 amide bonds. The molecule has 2 aromatic rings. The van der Waals surface area contributed by atoms with Crippen LogP contribution in [-0.4, -0.2) is 31.1 Å². The molecule has 4 fully saturated rings. The SMILES string of the molecule is CCOCOCCCc1ccc(/C(C)=C\c2ccc(C(=O)O)cc2)cc1C12CC3CC(CC(C3)C1)C2. The molecule has 4 aliphatic rings. The molecule has 0 heterocycles. The largest absolute Gasteiger partial charge is 0.478 e. The number of carbonyl (C=O) groups is 1. The highest BCUT2D eigenvalue weighted by Gasteiger charge is 2.52. The van der Waals surface area contributed by atoms with Crippen molar-refractivity contribution in [3.63, 3.8) is 0 Å². The maximum Gasteiger partial charge on any atom is 0.335 e. The van der Waals surface area contributed by atoms with Crippen molar-refractivity contribution in [2.24, 2.45) is 17.8 Å². The molecule has 0 aromatic heterocycles. The van der Waals surface area contributed by atoms with Crippen LogP contribution in [0.4, 0.5) is 0 Å². The van der Waals surface area contributed by atoms with E-state index in [0.717, 1.165) is 42.8 Å². The molecule has 0 saturated heterocycles. The van der Waals surface area contributed by atoms with Crippen molar-refractivity contribution < 1.29 is 19.4 Å². The van der Waals surface area contributed by atoms with Gasteiger partial charge in [0.2, 0.25) is 0 Å². The van der Waals surface area contributed by atoms with E-state index in [1.165, 1.54) is 55.2 Å². The third kappa shape index (κ3) is 5.45. The zero-order valence-corrected chi connectivity index (χ0v) is 21.8. The Bertz CT molecular complexity index is 1060. The van der Waals surface area contributed by atoms with Crippen LogP contribution in [0.1, 0.15) is 91.4 Å². The van der Waals surface area contributed by atoms with Crippen LogP contribution in [0.5, 0.6) is 0 Å². The first kappa shape index (κ1) is 25.2. The van der Waals surface area contributed by atoms with E-state index >= 15 is 0 Å². The van der Waals surface area contributed by atoms with Crippen LogP contribution in [0, 0.1) is 17.8 Å². The van der Waals surface area contributed by atoms with E-state index in [-0.39, 0.29) is 0 Å². The predicted molar refractivity (Wildman–Crippen MR) is 144 cm³/mol. The molecule has 0 aliphatic heterocycles. The molecule has 192 valence electrons. The molecule has 6 rings (SSSR count). The second-order valence-corrected chi connectivity index (χ2v) is 11.4. The van der Waals surface area contributed by atoms with Crippen LogP contribution in [0.15, 0.2) is 42.5 Å². The summed E-state index contributed by atoms with van der Waals surface area (Å²) < 4.78 is 11.0. The molecule has 1 N–H and O–H groups in total. The van der Waals surface area contributed by atoms with E-state index in [1.807, 2.05) is 19.1 Å². The lowest BCUT2D eigenvalue weighted by molar-refractivity contribution is -0.0498. The maximum absolute atomic E-state index is 11.2. The van der Waals surface area contributed by atoms with Crippen LogP contribution in [0.3, 0.4) is 0 Å². The van der Waals surface area contributed by atoms with Gasteiger partial charge in [0.25, 0.3) is 0 Å². The number of aryl methyl sites for hydroxylation is 1. The summed E-state index contributed by atoms with van der Waals surface area (Å²) in [6, 6.07) is 14.3. The van der Waals surface area contributed by atoms with E-state index in [1.54, 1.807) is 17.7 Å². The molecule has 4 bridgehead atoms. The van der Waals surface area contributed by atoms with Crippen LogP contribution < -0.4 is 0 Å². The Morgan fingerprint density at radius 2 is 1.61 bits per heavy atom. The first-order valence-electron chi connectivity index (χ1n) is 13.8. The quantitative estimate of drug-likeness (QED) is 0.204. The molecular weight excluding hydrogens is 448 g/mol. The van der Waals surface area contributed by atoms with Gasteiger partial charge in [-0.2, -0.15) is 0 Å². The number of ether oxygens (including phenoxy) is 2. The van der Waals surface area contributed by atoms with Crippen LogP contribution in [0.2, 0.25) is 0 Å². The first-order valence-corrected chi connectivity index (χ1v) is 13.8. The van der Waals surface area contributed by atoms with Crippen LogP contribution >= 0.6 is 0 Å². The molecule has 4 aliphatic carbocycles. The van der Waals surface area contributed by atoms with Crippen molar-refractivity contribution in [2.75, 3.05) is 20.0 Å². The monoisotopic (exact) mass is 488 g/mol. The Hall–Kier alpha value is -2.43. The molecular formula is C32H40O4. The van der Waals surface area contributed by atoms with E-state index in [2.05, 4.69) is 31.2 Å². The average Bonchev–Trinajstić information content (AvgIpc) is 2.85. The van der Waals surface area contributed by atoms with Crippen molar-refractivity contribution in [3.05, 3.63) is 70.3 Å². The summed E-state index contributed by atoms with van der Waals surface area (Å²) in [6.45, 7) is 5.96. The second-order valence-electron chi connectivity index (χ2n) is 11.4. The fourth-order valence-electron chi connectivity index (χ4n) is 7.60. The molecule has 0 atom stereocenters. The zero-order chi connectivity index (χ0) is 25.1. The summed E-state index contributed by atoms with van der Waals surface area (Å²) in [5.74, 6) is 1.84. The van der Waals surface area contributed by atoms with E-state index < -0.39 is 5.97 Å². The van der Waals surface area contributed by atoms with Crippen molar-refractivity contribution in [1.82, 2.24) is 0 Å². The normalized spacial score (nSPS) is 26.9. The number of hydrogen-bond donors (Lipinski definition) is 1. The summed E-state index contributed by atoms with van der Waals surface area (Å²) in [4.78, 5) is 11.2. The van der Waals surface area contributed by atoms with Gasteiger partial charge < -0.3 is 14.6 Å². The number of allylic oxidation sites excluding steroid dienone is 1. The van der Waals surface area contributed by atoms with Gasteiger partial charge in [-0.15, -0.1) is 0 Å². The molecule has 2 aromatic carbocycles. The van der Waals surface area contributed by atoms with Gasteiger partial charge in [0.05, 0.1) is 5.56 Å². The third-order valence-electron chi connectivity index (χ3n) is 8.82. The fourth-order valence-corrected chi connectivity index (χ4v) is 7.60. The molecule has 0 spiro atoms. The minimum atomic E-state index is -0.888. The van der Waals surface area contributed by atoms with Crippen molar-refractivity contribution in [2.45, 2.75) is 70.6 Å². The van der Waals surface area contributed by atoms with Gasteiger partial charge >= 0.3 is 5.97 Å². The minimum absolute atomic E-state index is 0.323. The lowest BCUT2D eigenvalue weighted by atomic mass is 9.47. The summed E-state index contributed by atoms with van der Waals surface area (Å²) >= 11 is 0. The van der Waals surface area contributed by atoms with Gasteiger partial charge in [-0.1, -0.05) is 36.4 Å². The number of carboxylic acids is 1. The van der Waals surface area contributed by atoms with Gasteiger partial charge in [-0.25, -0.2) is 4.79 Å². The van der Waals surface area contributed by atoms with E-state index in [4.69, 9.17) is 9.47 Å². The van der Waals surface area contributed by atoms with Gasteiger partial charge in [0.1, 0.15) is 6.79 Å². The predicted octanol–water partition coefficient (Wildman–Crippen LogP) is 7.36. The van der Waals surface area contributed by atoms with E-state index in [0.29, 0.717) is 24.4 Å². The Balaban J connectivity index is 1.41. The number of hydrogen-bond acceptors (Lipinski definition) is 3. The molecule has 0 unspecified atom stereocenters. The lowest BCUT2D eigenvalue weighted by Crippen LogP contribution is -2.49. The van der Waals surface area contributed by atoms with Crippen molar-refractivity contribution >= 4 is 17.6 Å². The second kappa shape index (κ2) is 10.9. The highest BCUT2D eigenvalue weighted by Crippen LogP contribution is 2.61. The number of rotatable bonds is 11. The minimum Gasteiger partial charge on any atom is -0.478 e. The maximum atomic E-state index is 11.2. The van der Waals surface area contributed by atoms with Crippen molar-refractivity contribution in [3.8, 4) is 0 Å². The highest BCUT2D eigenvalue weighted by atomic mass is 16.7. The average molecular weight is 489 g/mol. The van der Waals surface area contributed by atoms with Gasteiger partial charge in [0.15, 0.2) is 0 Å². The van der Waals surface area contributed by atoms with Gasteiger partial charge in [-0.05, 0) is 128 Å². The van der Waals surface area contributed by atoms with Crippen molar-refractivity contribution in [1.29, 1.82) is 0 Å². The summed E-state index contributed by atoms with van der Waals surface area (Å²) in [7, 11) is 0. The molecule has 36 heavy (non-hydrogen) atoms. The first-order chi connectivity index (χ1) is 17.5. The summed E-state index contributed by atoms with van der Waals surface area (Å²) in [5.41, 5.74) is 7.29. The van der Waals surface area contributed by atoms with E-state index in [9.17, 15) is 9.90 Å². The highest BCUT2D eigenvalue weighted by molar-refractivity contribution is 5.88. The Kier molecular flexibility index (Phi) is 7.64. The molecule has 0 radical (unpaired) electrons. The van der Waals surface area contributed by atoms with Gasteiger partial charge in [-0.3, -0.25) is 0 Å². The lowest BCUT2D eigenvalue weighted by Gasteiger charge is -2.57. The summed E-state index contributed by atoms with van der Waals surface area (Å²) in [6.07, 6.45) is 12.6. The fraction of sp³-hybridized carbons (Fsp3) is 0.531. The number of benzene rings is 2. The summed E-state index contributed by atoms with van der Waals surface area (Å²) in [5, 5.41) is 9.19. The smallest absolute Gasteiger partial charge is 0.335 e. The third-order valence-corrected chi connectivity index (χ3v) is 8.82. The number of aromatic carboxylic acids is 1. The van der Waals surface area contributed by atoms with Gasteiger partial charge in [0, 0.05) is 13.2 Å². The standard InChI is InChI=1S/C32H40O4/c1-3-35-21-36-12-4-5-27-10-11-29(22(2)13-23-6-8-28(9-7-23)31(33)34)17-30(27)32-18-24-14-25(19-32)16-26(15-24)20-32/h6-11,13,17,24-26H,3-5,12,14-16,18-21H2,1-2H3,(H,33,34)/b22-13-. The topological polar surface area (TPSA) is 55.8 Å². The molecule has 4 nitrogen and oxygen atoms in total. The molecule has 4 saturated carbocycles. The Morgan fingerprint density at radius 1 is 0.972 bits per heavy atom. The zero-order valence-electron chi connectivity index (χ0n) is 21.8. The Labute approximate surface area is 215 Å². The van der Waals surface area contributed by atoms with Crippen LogP contribution in [0.25, 0.3) is 11.6 Å². The Morgan fingerprint density at radius 3 is 2.22 bits per heavy atom. The number of carboxylic acid groups (broad SMARTS) is 1. The van der Waals surface area contributed by atoms with Crippen LogP contribution in [-0.2, 0) is 21.3 Å². The molecule has 4 heteroatoms.